The first-order chi connectivity index (χ1) is 27.7. The molecule has 0 unspecified atom stereocenters. The van der Waals surface area contributed by atoms with Crippen LogP contribution in [0.25, 0.3) is 33.0 Å². The van der Waals surface area contributed by atoms with Crippen molar-refractivity contribution in [2.24, 2.45) is 0 Å². The minimum atomic E-state index is -0.430. The zero-order chi connectivity index (χ0) is 37.2. The fraction of sp³-hybridized carbons (Fsp3) is 0.0189. The van der Waals surface area contributed by atoms with Crippen LogP contribution in [0.5, 0.6) is 0 Å². The molecular formula is C53H35BrN2. The molecule has 0 saturated carbocycles. The molecule has 2 aliphatic rings. The summed E-state index contributed by atoms with van der Waals surface area (Å²) in [4.78, 5) is 4.76. The van der Waals surface area contributed by atoms with Gasteiger partial charge in [0.1, 0.15) is 0 Å². The van der Waals surface area contributed by atoms with Crippen molar-refractivity contribution in [2.75, 3.05) is 9.80 Å². The summed E-state index contributed by atoms with van der Waals surface area (Å²) in [6.07, 6.45) is 0. The molecule has 264 valence electrons. The highest BCUT2D eigenvalue weighted by atomic mass is 79.9. The van der Waals surface area contributed by atoms with Crippen molar-refractivity contribution in [1.82, 2.24) is 0 Å². The highest BCUT2D eigenvalue weighted by molar-refractivity contribution is 9.10. The molecule has 0 atom stereocenters. The van der Waals surface area contributed by atoms with E-state index >= 15 is 0 Å². The second-order valence-corrected chi connectivity index (χ2v) is 15.6. The predicted octanol–water partition coefficient (Wildman–Crippen LogP) is 14.9. The van der Waals surface area contributed by atoms with Crippen molar-refractivity contribution in [3.63, 3.8) is 0 Å². The summed E-state index contributed by atoms with van der Waals surface area (Å²) in [5.41, 5.74) is 16.6. The Labute approximate surface area is 335 Å². The van der Waals surface area contributed by atoms with Crippen molar-refractivity contribution in [2.45, 2.75) is 5.41 Å². The average Bonchev–Trinajstić information content (AvgIpc) is 3.72. The summed E-state index contributed by atoms with van der Waals surface area (Å²) in [7, 11) is 0. The quantitative estimate of drug-likeness (QED) is 0.166. The number of fused-ring (bicyclic) bond motifs is 11. The molecule has 0 saturated heterocycles. The third-order valence-electron chi connectivity index (χ3n) is 11.6. The number of anilines is 6. The van der Waals surface area contributed by atoms with E-state index in [1.54, 1.807) is 0 Å². The maximum absolute atomic E-state index is 3.98. The van der Waals surface area contributed by atoms with Gasteiger partial charge in [0.2, 0.25) is 0 Å². The van der Waals surface area contributed by atoms with Gasteiger partial charge in [-0.25, -0.2) is 0 Å². The highest BCUT2D eigenvalue weighted by Crippen LogP contribution is 2.63. The largest absolute Gasteiger partial charge is 0.310 e. The molecule has 0 aromatic heterocycles. The van der Waals surface area contributed by atoms with Gasteiger partial charge < -0.3 is 9.80 Å². The molecule has 0 N–H and O–H groups in total. The zero-order valence-electron chi connectivity index (χ0n) is 30.5. The monoisotopic (exact) mass is 778 g/mol. The fourth-order valence-corrected chi connectivity index (χ4v) is 9.87. The van der Waals surface area contributed by atoms with E-state index in [1.807, 2.05) is 0 Å². The lowest BCUT2D eigenvalue weighted by Gasteiger charge is -2.33. The topological polar surface area (TPSA) is 6.48 Å². The Hall–Kier alpha value is -6.68. The van der Waals surface area contributed by atoms with Gasteiger partial charge in [-0.2, -0.15) is 0 Å². The van der Waals surface area contributed by atoms with E-state index in [9.17, 15) is 0 Å². The van der Waals surface area contributed by atoms with Crippen LogP contribution in [0.15, 0.2) is 217 Å². The van der Waals surface area contributed by atoms with Crippen LogP contribution in [0.4, 0.5) is 34.1 Å². The average molecular weight is 780 g/mol. The van der Waals surface area contributed by atoms with Crippen molar-refractivity contribution in [3.05, 3.63) is 239 Å². The summed E-state index contributed by atoms with van der Waals surface area (Å²) in [6, 6.07) is 77.6. The molecule has 0 bridgehead atoms. The Morgan fingerprint density at radius 1 is 0.286 bits per heavy atom. The molecule has 0 heterocycles. The van der Waals surface area contributed by atoms with Gasteiger partial charge in [0.25, 0.3) is 0 Å². The van der Waals surface area contributed by atoms with E-state index in [0.717, 1.165) is 38.6 Å². The summed E-state index contributed by atoms with van der Waals surface area (Å²) in [6.45, 7) is 0. The van der Waals surface area contributed by atoms with Crippen LogP contribution in [-0.2, 0) is 5.41 Å². The second-order valence-electron chi connectivity index (χ2n) is 14.7. The van der Waals surface area contributed by atoms with Gasteiger partial charge in [0.15, 0.2) is 0 Å². The van der Waals surface area contributed by atoms with Gasteiger partial charge in [-0.15, -0.1) is 0 Å². The lowest BCUT2D eigenvalue weighted by Crippen LogP contribution is -2.26. The first kappa shape index (κ1) is 32.7. The van der Waals surface area contributed by atoms with Crippen molar-refractivity contribution in [3.8, 4) is 22.3 Å². The van der Waals surface area contributed by atoms with Gasteiger partial charge in [-0.3, -0.25) is 0 Å². The lowest BCUT2D eigenvalue weighted by molar-refractivity contribution is 0.793. The van der Waals surface area contributed by atoms with Crippen LogP contribution in [0.3, 0.4) is 0 Å². The third kappa shape index (κ3) is 4.94. The third-order valence-corrected chi connectivity index (χ3v) is 12.1. The highest BCUT2D eigenvalue weighted by Gasteiger charge is 2.51. The van der Waals surface area contributed by atoms with Gasteiger partial charge in [0.05, 0.1) is 5.41 Å². The Bertz CT molecular complexity index is 2890. The van der Waals surface area contributed by atoms with Crippen LogP contribution in [0.1, 0.15) is 22.3 Å². The number of hydrogen-bond donors (Lipinski definition) is 0. The molecule has 3 heteroatoms. The number of para-hydroxylation sites is 2. The van der Waals surface area contributed by atoms with Crippen LogP contribution < -0.4 is 9.80 Å². The Kier molecular flexibility index (Phi) is 7.58. The molecule has 0 aliphatic heterocycles. The minimum absolute atomic E-state index is 0.430. The minimum Gasteiger partial charge on any atom is -0.310 e. The SMILES string of the molecule is Brc1cc(N(c2ccccc2)c2ccc3c(c2)C2(c4ccccc4-c4ccccc42)c2ccccc2-3)cc(N(c2ccccc2)c2ccc3ccccc3c2)c1. The molecule has 2 nitrogen and oxygen atoms in total. The molecule has 0 radical (unpaired) electrons. The molecule has 1 spiro atoms. The number of hydrogen-bond acceptors (Lipinski definition) is 2. The number of benzene rings is 9. The van der Waals surface area contributed by atoms with Gasteiger partial charge in [-0.1, -0.05) is 162 Å². The summed E-state index contributed by atoms with van der Waals surface area (Å²) in [5, 5.41) is 2.42. The van der Waals surface area contributed by atoms with E-state index in [4.69, 9.17) is 0 Å². The van der Waals surface area contributed by atoms with E-state index in [-0.39, 0.29) is 0 Å². The Morgan fingerprint density at radius 3 is 1.27 bits per heavy atom. The van der Waals surface area contributed by atoms with Crippen molar-refractivity contribution < 1.29 is 0 Å². The molecule has 0 amide bonds. The molecule has 11 rings (SSSR count). The van der Waals surface area contributed by atoms with E-state index in [2.05, 4.69) is 238 Å². The maximum Gasteiger partial charge on any atom is 0.0726 e. The van der Waals surface area contributed by atoms with Crippen LogP contribution in [0.2, 0.25) is 0 Å². The smallest absolute Gasteiger partial charge is 0.0726 e. The number of nitrogens with zero attached hydrogens (tertiary/aromatic N) is 2. The summed E-state index contributed by atoms with van der Waals surface area (Å²) < 4.78 is 0.997. The first-order valence-corrected chi connectivity index (χ1v) is 19.9. The molecular weight excluding hydrogens is 745 g/mol. The van der Waals surface area contributed by atoms with Crippen molar-refractivity contribution >= 4 is 60.8 Å². The first-order valence-electron chi connectivity index (χ1n) is 19.1. The van der Waals surface area contributed by atoms with Crippen LogP contribution in [-0.4, -0.2) is 0 Å². The standard InChI is InChI=1S/C53H35BrN2/c54-38-32-43(55(39-17-3-1-4-18-39)41-28-27-36-15-7-8-16-37(36)31-41)34-44(33-38)56(40-19-5-2-6-20-40)42-29-30-48-47-23-11-14-26-51(47)53(52(48)35-42)49-24-12-9-21-45(49)46-22-10-13-25-50(46)53/h1-35H. The van der Waals surface area contributed by atoms with Crippen LogP contribution >= 0.6 is 15.9 Å². The van der Waals surface area contributed by atoms with Crippen molar-refractivity contribution in [1.29, 1.82) is 0 Å². The molecule has 2 aliphatic carbocycles. The fourth-order valence-electron chi connectivity index (χ4n) is 9.40. The molecule has 0 fully saturated rings. The van der Waals surface area contributed by atoms with E-state index in [0.29, 0.717) is 0 Å². The zero-order valence-corrected chi connectivity index (χ0v) is 32.1. The molecule has 56 heavy (non-hydrogen) atoms. The summed E-state index contributed by atoms with van der Waals surface area (Å²) in [5.74, 6) is 0. The van der Waals surface area contributed by atoms with Gasteiger partial charge >= 0.3 is 0 Å². The van der Waals surface area contributed by atoms with E-state index in [1.165, 1.54) is 55.3 Å². The summed E-state index contributed by atoms with van der Waals surface area (Å²) >= 11 is 3.98. The van der Waals surface area contributed by atoms with Gasteiger partial charge in [-0.05, 0) is 122 Å². The second kappa shape index (κ2) is 13.0. The Balaban J connectivity index is 1.14. The van der Waals surface area contributed by atoms with E-state index < -0.39 is 5.41 Å². The Morgan fingerprint density at radius 2 is 0.714 bits per heavy atom. The van der Waals surface area contributed by atoms with Gasteiger partial charge in [0, 0.05) is 38.6 Å². The number of rotatable bonds is 6. The normalized spacial score (nSPS) is 12.9. The molecule has 9 aromatic rings. The lowest BCUT2D eigenvalue weighted by atomic mass is 9.70. The predicted molar refractivity (Wildman–Crippen MR) is 237 cm³/mol. The van der Waals surface area contributed by atoms with Crippen LogP contribution in [0, 0.1) is 0 Å². The maximum atomic E-state index is 3.98. The number of halogens is 1. The molecule has 9 aromatic carbocycles.